The molecule has 2 atom stereocenters. The first-order valence-electron chi connectivity index (χ1n) is 7.97. The molecule has 0 aromatic heterocycles. The van der Waals surface area contributed by atoms with E-state index in [-0.39, 0.29) is 24.4 Å². The number of hydrogen-bond donors (Lipinski definition) is 2. The number of ether oxygens (including phenoxy) is 1. The molecule has 1 unspecified atom stereocenters. The lowest BCUT2D eigenvalue weighted by atomic mass is 9.80. The molecule has 0 bridgehead atoms. The smallest absolute Gasteiger partial charge is 0.320 e. The predicted octanol–water partition coefficient (Wildman–Crippen LogP) is 2.57. The van der Waals surface area contributed by atoms with Crippen LogP contribution in [0.1, 0.15) is 59.3 Å². The van der Waals surface area contributed by atoms with E-state index in [2.05, 4.69) is 13.8 Å². The SMILES string of the molecule is CC(CC(=O)OC1CCC(C(C)C)CC1)C[C@H](N)C(=O)O. The van der Waals surface area contributed by atoms with Crippen LogP contribution in [0.4, 0.5) is 0 Å². The van der Waals surface area contributed by atoms with Gasteiger partial charge in [0.1, 0.15) is 12.1 Å². The van der Waals surface area contributed by atoms with Crippen molar-refractivity contribution in [2.45, 2.75) is 71.4 Å². The van der Waals surface area contributed by atoms with Gasteiger partial charge < -0.3 is 15.6 Å². The lowest BCUT2D eigenvalue weighted by Gasteiger charge is -2.30. The standard InChI is InChI=1S/C16H29NO4/c1-10(2)12-4-6-13(7-5-12)21-15(18)9-11(3)8-14(17)16(19)20/h10-14H,4-9,17H2,1-3H3,(H,19,20)/t11?,12?,13?,14-/m0/s1. The van der Waals surface area contributed by atoms with Gasteiger partial charge in [0.2, 0.25) is 0 Å². The van der Waals surface area contributed by atoms with Crippen molar-refractivity contribution in [2.24, 2.45) is 23.5 Å². The zero-order valence-electron chi connectivity index (χ0n) is 13.4. The number of esters is 1. The molecule has 1 fully saturated rings. The number of nitrogens with two attached hydrogens (primary N) is 1. The van der Waals surface area contributed by atoms with E-state index in [9.17, 15) is 9.59 Å². The topological polar surface area (TPSA) is 89.6 Å². The third kappa shape index (κ3) is 6.46. The second-order valence-corrected chi connectivity index (χ2v) is 6.76. The molecule has 1 rings (SSSR count). The third-order valence-corrected chi connectivity index (χ3v) is 4.45. The summed E-state index contributed by atoms with van der Waals surface area (Å²) in [5.41, 5.74) is 5.47. The van der Waals surface area contributed by atoms with Crippen molar-refractivity contribution >= 4 is 11.9 Å². The van der Waals surface area contributed by atoms with Crippen molar-refractivity contribution in [3.63, 3.8) is 0 Å². The molecule has 0 aromatic rings. The molecule has 0 aliphatic heterocycles. The summed E-state index contributed by atoms with van der Waals surface area (Å²) < 4.78 is 5.50. The van der Waals surface area contributed by atoms with E-state index in [0.29, 0.717) is 12.3 Å². The van der Waals surface area contributed by atoms with E-state index in [1.807, 2.05) is 6.92 Å². The van der Waals surface area contributed by atoms with Crippen molar-refractivity contribution < 1.29 is 19.4 Å². The highest BCUT2D eigenvalue weighted by Crippen LogP contribution is 2.31. The summed E-state index contributed by atoms with van der Waals surface area (Å²) in [6, 6.07) is -0.908. The van der Waals surface area contributed by atoms with Crippen molar-refractivity contribution in [1.82, 2.24) is 0 Å². The van der Waals surface area contributed by atoms with Crippen LogP contribution >= 0.6 is 0 Å². The van der Waals surface area contributed by atoms with Crippen LogP contribution in [0.15, 0.2) is 0 Å². The van der Waals surface area contributed by atoms with Gasteiger partial charge in [0.15, 0.2) is 0 Å². The summed E-state index contributed by atoms with van der Waals surface area (Å²) in [4.78, 5) is 22.6. The van der Waals surface area contributed by atoms with Crippen molar-refractivity contribution in [3.05, 3.63) is 0 Å². The third-order valence-electron chi connectivity index (χ3n) is 4.45. The van der Waals surface area contributed by atoms with Gasteiger partial charge in [0.25, 0.3) is 0 Å². The molecule has 0 aromatic carbocycles. The van der Waals surface area contributed by atoms with Crippen LogP contribution in [-0.4, -0.2) is 29.2 Å². The molecule has 1 aliphatic carbocycles. The summed E-state index contributed by atoms with van der Waals surface area (Å²) in [5, 5.41) is 8.75. The van der Waals surface area contributed by atoms with Gasteiger partial charge in [-0.15, -0.1) is 0 Å². The monoisotopic (exact) mass is 299 g/mol. The van der Waals surface area contributed by atoms with E-state index >= 15 is 0 Å². The molecule has 0 radical (unpaired) electrons. The van der Waals surface area contributed by atoms with Gasteiger partial charge in [-0.05, 0) is 49.9 Å². The Kier molecular flexibility index (Phi) is 7.15. The summed E-state index contributed by atoms with van der Waals surface area (Å²) in [7, 11) is 0. The quantitative estimate of drug-likeness (QED) is 0.705. The van der Waals surface area contributed by atoms with Gasteiger partial charge in [-0.3, -0.25) is 9.59 Å². The first kappa shape index (κ1) is 18.0. The number of rotatable bonds is 7. The maximum absolute atomic E-state index is 11.9. The van der Waals surface area contributed by atoms with E-state index in [1.165, 1.54) is 0 Å². The minimum atomic E-state index is -1.03. The van der Waals surface area contributed by atoms with Gasteiger partial charge in [-0.25, -0.2) is 0 Å². The molecule has 1 aliphatic rings. The van der Waals surface area contributed by atoms with Crippen LogP contribution in [0, 0.1) is 17.8 Å². The maximum atomic E-state index is 11.9. The van der Waals surface area contributed by atoms with Crippen molar-refractivity contribution in [1.29, 1.82) is 0 Å². The predicted molar refractivity (Wildman–Crippen MR) is 80.7 cm³/mol. The first-order valence-corrected chi connectivity index (χ1v) is 7.97. The molecule has 0 spiro atoms. The summed E-state index contributed by atoms with van der Waals surface area (Å²) in [5.74, 6) is 0.109. The average Bonchev–Trinajstić information content (AvgIpc) is 2.38. The molecule has 0 heterocycles. The Labute approximate surface area is 127 Å². The Hall–Kier alpha value is -1.10. The van der Waals surface area contributed by atoms with Crippen LogP contribution in [0.25, 0.3) is 0 Å². The van der Waals surface area contributed by atoms with Gasteiger partial charge in [0, 0.05) is 6.42 Å². The molecule has 0 saturated heterocycles. The molecule has 5 heteroatoms. The number of carboxylic acids is 1. The molecule has 21 heavy (non-hydrogen) atoms. The Morgan fingerprint density at radius 1 is 1.19 bits per heavy atom. The number of aliphatic carboxylic acids is 1. The molecule has 122 valence electrons. The largest absolute Gasteiger partial charge is 0.480 e. The van der Waals surface area contributed by atoms with E-state index < -0.39 is 12.0 Å². The van der Waals surface area contributed by atoms with Crippen LogP contribution in [0.2, 0.25) is 0 Å². The first-order chi connectivity index (χ1) is 9.79. The number of carboxylic acid groups (broad SMARTS) is 1. The highest BCUT2D eigenvalue weighted by atomic mass is 16.5. The van der Waals surface area contributed by atoms with Gasteiger partial charge in [-0.1, -0.05) is 20.8 Å². The highest BCUT2D eigenvalue weighted by Gasteiger charge is 2.26. The van der Waals surface area contributed by atoms with Crippen molar-refractivity contribution in [2.75, 3.05) is 0 Å². The Morgan fingerprint density at radius 3 is 2.24 bits per heavy atom. The van der Waals surface area contributed by atoms with Crippen LogP contribution in [0.5, 0.6) is 0 Å². The lowest BCUT2D eigenvalue weighted by molar-refractivity contribution is -0.152. The molecule has 0 amide bonds. The van der Waals surface area contributed by atoms with E-state index in [1.54, 1.807) is 0 Å². The zero-order chi connectivity index (χ0) is 16.0. The highest BCUT2D eigenvalue weighted by molar-refractivity contribution is 5.73. The molecule has 5 nitrogen and oxygen atoms in total. The number of carbonyl (C=O) groups excluding carboxylic acids is 1. The van der Waals surface area contributed by atoms with Crippen LogP contribution in [0.3, 0.4) is 0 Å². The Balaban J connectivity index is 2.26. The minimum Gasteiger partial charge on any atom is -0.480 e. The minimum absolute atomic E-state index is 0.0350. The molecule has 3 N–H and O–H groups in total. The van der Waals surface area contributed by atoms with E-state index in [4.69, 9.17) is 15.6 Å². The van der Waals surface area contributed by atoms with Gasteiger partial charge in [0.05, 0.1) is 0 Å². The normalized spacial score (nSPS) is 25.4. The Bertz CT molecular complexity index is 348. The number of hydrogen-bond acceptors (Lipinski definition) is 4. The summed E-state index contributed by atoms with van der Waals surface area (Å²) in [6.45, 7) is 6.31. The molecular weight excluding hydrogens is 270 g/mol. The molecule has 1 saturated carbocycles. The molecular formula is C16H29NO4. The summed E-state index contributed by atoms with van der Waals surface area (Å²) in [6.07, 6.45) is 4.70. The second-order valence-electron chi connectivity index (χ2n) is 6.76. The fourth-order valence-corrected chi connectivity index (χ4v) is 3.01. The lowest BCUT2D eigenvalue weighted by Crippen LogP contribution is -2.33. The average molecular weight is 299 g/mol. The fourth-order valence-electron chi connectivity index (χ4n) is 3.01. The maximum Gasteiger partial charge on any atom is 0.320 e. The second kappa shape index (κ2) is 8.37. The van der Waals surface area contributed by atoms with Gasteiger partial charge >= 0.3 is 11.9 Å². The van der Waals surface area contributed by atoms with Gasteiger partial charge in [-0.2, -0.15) is 0 Å². The zero-order valence-corrected chi connectivity index (χ0v) is 13.4. The van der Waals surface area contributed by atoms with E-state index in [0.717, 1.165) is 31.6 Å². The van der Waals surface area contributed by atoms with Crippen LogP contribution in [-0.2, 0) is 14.3 Å². The Morgan fingerprint density at radius 2 is 1.76 bits per heavy atom. The number of carbonyl (C=O) groups is 2. The van der Waals surface area contributed by atoms with Crippen molar-refractivity contribution in [3.8, 4) is 0 Å². The summed E-state index contributed by atoms with van der Waals surface area (Å²) >= 11 is 0. The van der Waals surface area contributed by atoms with Crippen LogP contribution < -0.4 is 5.73 Å². The fraction of sp³-hybridized carbons (Fsp3) is 0.875.